The Labute approximate surface area is 143 Å². The number of carboxylic acids is 1. The molecule has 1 fully saturated rings. The van der Waals surface area contributed by atoms with Crippen LogP contribution in [0, 0.1) is 16.7 Å². The van der Waals surface area contributed by atoms with Gasteiger partial charge in [0.1, 0.15) is 0 Å². The van der Waals surface area contributed by atoms with Crippen molar-refractivity contribution in [1.82, 2.24) is 0 Å². The summed E-state index contributed by atoms with van der Waals surface area (Å²) in [4.78, 5) is 12.1. The van der Waals surface area contributed by atoms with Crippen molar-refractivity contribution >= 4 is 17.6 Å². The van der Waals surface area contributed by atoms with Gasteiger partial charge in [0.05, 0.1) is 5.41 Å². The third-order valence-corrected chi connectivity index (χ3v) is 5.38. The normalized spacial score (nSPS) is 25.3. The minimum atomic E-state index is -0.707. The second-order valence-electron chi connectivity index (χ2n) is 7.28. The number of hydrogen-bond acceptors (Lipinski definition) is 1. The zero-order chi connectivity index (χ0) is 17.3. The van der Waals surface area contributed by atoms with Crippen molar-refractivity contribution in [3.8, 4) is 0 Å². The van der Waals surface area contributed by atoms with Crippen LogP contribution in [0.2, 0.25) is 0 Å². The van der Waals surface area contributed by atoms with Crippen LogP contribution in [0.15, 0.2) is 47.5 Å². The number of carbonyl (C=O) groups is 1. The van der Waals surface area contributed by atoms with Gasteiger partial charge in [0.25, 0.3) is 0 Å². The summed E-state index contributed by atoms with van der Waals surface area (Å²) in [5.74, 6) is -0.615. The van der Waals surface area contributed by atoms with Gasteiger partial charge in [0.15, 0.2) is 0 Å². The number of benzene rings is 1. The maximum absolute atomic E-state index is 12.1. The predicted octanol–water partition coefficient (Wildman–Crippen LogP) is 5.22. The average Bonchev–Trinajstić information content (AvgIpc) is 2.94. The van der Waals surface area contributed by atoms with Crippen molar-refractivity contribution in [1.29, 1.82) is 0 Å². The first-order valence-electron chi connectivity index (χ1n) is 7.97. The Hall–Kier alpha value is -1.54. The lowest BCUT2D eigenvalue weighted by atomic mass is 9.88. The number of carboxylic acid groups (broad SMARTS) is 1. The lowest BCUT2D eigenvalue weighted by Crippen LogP contribution is -2.24. The number of allylic oxidation sites excluding steroid dienone is 3. The lowest BCUT2D eigenvalue weighted by Gasteiger charge is -2.16. The van der Waals surface area contributed by atoms with Crippen molar-refractivity contribution in [2.75, 3.05) is 0 Å². The zero-order valence-corrected chi connectivity index (χ0v) is 15.0. The molecular weight excluding hydrogens is 308 g/mol. The van der Waals surface area contributed by atoms with Gasteiger partial charge in [-0.3, -0.25) is 4.79 Å². The van der Waals surface area contributed by atoms with Gasteiger partial charge in [0, 0.05) is 11.5 Å². The monoisotopic (exact) mass is 332 g/mol. The second kappa shape index (κ2) is 6.52. The molecule has 0 heterocycles. The van der Waals surface area contributed by atoms with Crippen molar-refractivity contribution < 1.29 is 9.90 Å². The molecular formula is C20H25ClO2. The summed E-state index contributed by atoms with van der Waals surface area (Å²) in [5.41, 5.74) is 4.01. The molecule has 1 aromatic rings. The van der Waals surface area contributed by atoms with Crippen LogP contribution in [0.25, 0.3) is 0 Å². The molecule has 1 aliphatic rings. The van der Waals surface area contributed by atoms with Crippen LogP contribution >= 0.6 is 11.6 Å². The van der Waals surface area contributed by atoms with E-state index in [-0.39, 0.29) is 11.3 Å². The highest BCUT2D eigenvalue weighted by Gasteiger charge is 2.74. The van der Waals surface area contributed by atoms with E-state index >= 15 is 0 Å². The topological polar surface area (TPSA) is 37.3 Å². The third kappa shape index (κ3) is 3.23. The van der Waals surface area contributed by atoms with E-state index in [1.165, 1.54) is 16.7 Å². The maximum atomic E-state index is 12.1. The van der Waals surface area contributed by atoms with Crippen molar-refractivity contribution in [3.05, 3.63) is 58.7 Å². The first-order chi connectivity index (χ1) is 10.8. The number of rotatable bonds is 6. The van der Waals surface area contributed by atoms with Gasteiger partial charge in [-0.1, -0.05) is 67.4 Å². The summed E-state index contributed by atoms with van der Waals surface area (Å²) in [7, 11) is 0. The van der Waals surface area contributed by atoms with Gasteiger partial charge in [0.2, 0.25) is 0 Å². The van der Waals surface area contributed by atoms with E-state index in [4.69, 9.17) is 11.6 Å². The quantitative estimate of drug-likeness (QED) is 0.725. The fourth-order valence-electron chi connectivity index (χ4n) is 3.70. The molecule has 2 nitrogen and oxygen atoms in total. The predicted molar refractivity (Wildman–Crippen MR) is 95.6 cm³/mol. The average molecular weight is 333 g/mol. The second-order valence-corrected chi connectivity index (χ2v) is 7.53. The zero-order valence-electron chi connectivity index (χ0n) is 14.3. The molecule has 0 bridgehead atoms. The Morgan fingerprint density at radius 2 is 1.78 bits per heavy atom. The standard InChI is InChI=1S/C20H25ClO2/c1-14(2)12-17-19(3,4)20(17,18(22)23)13-16-9-7-15(8-10-16)6-5-11-21/h5,7-12,17H,6,13H2,1-4H3,(H,22,23)/b11-5-. The van der Waals surface area contributed by atoms with E-state index in [0.29, 0.717) is 6.42 Å². The van der Waals surface area contributed by atoms with Gasteiger partial charge in [-0.15, -0.1) is 0 Å². The van der Waals surface area contributed by atoms with Gasteiger partial charge >= 0.3 is 5.97 Å². The Morgan fingerprint density at radius 3 is 2.26 bits per heavy atom. The molecule has 0 spiro atoms. The van der Waals surface area contributed by atoms with Crippen LogP contribution in [0.5, 0.6) is 0 Å². The Bertz CT molecular complexity index is 636. The summed E-state index contributed by atoms with van der Waals surface area (Å²) >= 11 is 5.55. The summed E-state index contributed by atoms with van der Waals surface area (Å²) in [6.45, 7) is 8.18. The van der Waals surface area contributed by atoms with Crippen LogP contribution in [-0.2, 0) is 17.6 Å². The Kier molecular flexibility index (Phi) is 5.05. The molecule has 3 heteroatoms. The molecule has 0 aromatic heterocycles. The molecule has 0 amide bonds. The molecule has 2 atom stereocenters. The van der Waals surface area contributed by atoms with E-state index in [9.17, 15) is 9.90 Å². The van der Waals surface area contributed by atoms with Crippen LogP contribution in [0.1, 0.15) is 38.8 Å². The molecule has 124 valence electrons. The molecule has 23 heavy (non-hydrogen) atoms. The van der Waals surface area contributed by atoms with Crippen LogP contribution < -0.4 is 0 Å². The van der Waals surface area contributed by atoms with E-state index < -0.39 is 11.4 Å². The summed E-state index contributed by atoms with van der Waals surface area (Å²) in [6, 6.07) is 8.17. The molecule has 1 saturated carbocycles. The maximum Gasteiger partial charge on any atom is 0.311 e. The molecule has 1 aliphatic carbocycles. The van der Waals surface area contributed by atoms with Crippen LogP contribution in [-0.4, -0.2) is 11.1 Å². The summed E-state index contributed by atoms with van der Waals surface area (Å²) in [6.07, 6.45) is 5.37. The van der Waals surface area contributed by atoms with E-state index in [2.05, 4.69) is 19.9 Å². The first-order valence-corrected chi connectivity index (χ1v) is 8.41. The fraction of sp³-hybridized carbons (Fsp3) is 0.450. The lowest BCUT2D eigenvalue weighted by molar-refractivity contribution is -0.145. The van der Waals surface area contributed by atoms with Crippen LogP contribution in [0.3, 0.4) is 0 Å². The molecule has 1 N–H and O–H groups in total. The highest BCUT2D eigenvalue weighted by atomic mass is 35.5. The summed E-state index contributed by atoms with van der Waals surface area (Å²) in [5, 5.41) is 9.90. The number of aliphatic carboxylic acids is 1. The van der Waals surface area contributed by atoms with Crippen molar-refractivity contribution in [3.63, 3.8) is 0 Å². The summed E-state index contributed by atoms with van der Waals surface area (Å²) < 4.78 is 0. The number of hydrogen-bond donors (Lipinski definition) is 1. The van der Waals surface area contributed by atoms with Gasteiger partial charge < -0.3 is 5.11 Å². The Balaban J connectivity index is 2.25. The van der Waals surface area contributed by atoms with Crippen molar-refractivity contribution in [2.24, 2.45) is 16.7 Å². The first kappa shape index (κ1) is 17.8. The molecule has 0 radical (unpaired) electrons. The smallest absolute Gasteiger partial charge is 0.311 e. The van der Waals surface area contributed by atoms with Gasteiger partial charge in [-0.05, 0) is 43.2 Å². The van der Waals surface area contributed by atoms with E-state index in [0.717, 1.165) is 12.0 Å². The fourth-order valence-corrected chi connectivity index (χ4v) is 3.79. The molecule has 2 rings (SSSR count). The largest absolute Gasteiger partial charge is 0.481 e. The number of halogens is 1. The van der Waals surface area contributed by atoms with Crippen LogP contribution in [0.4, 0.5) is 0 Å². The van der Waals surface area contributed by atoms with Gasteiger partial charge in [-0.25, -0.2) is 0 Å². The third-order valence-electron chi connectivity index (χ3n) is 5.21. The Morgan fingerprint density at radius 1 is 1.22 bits per heavy atom. The van der Waals surface area contributed by atoms with E-state index in [1.807, 2.05) is 44.2 Å². The van der Waals surface area contributed by atoms with Crippen molar-refractivity contribution in [2.45, 2.75) is 40.5 Å². The minimum absolute atomic E-state index is 0.0800. The highest BCUT2D eigenvalue weighted by molar-refractivity contribution is 6.25. The molecule has 0 aliphatic heterocycles. The molecule has 0 saturated heterocycles. The highest BCUT2D eigenvalue weighted by Crippen LogP contribution is 2.71. The molecule has 1 aromatic carbocycles. The minimum Gasteiger partial charge on any atom is -0.481 e. The van der Waals surface area contributed by atoms with Gasteiger partial charge in [-0.2, -0.15) is 0 Å². The van der Waals surface area contributed by atoms with E-state index in [1.54, 1.807) is 0 Å². The SMILES string of the molecule is CC(C)=CC1C(C)(C)C1(Cc1ccc(C/C=C\Cl)cc1)C(=O)O. The molecule has 2 unspecified atom stereocenters.